The van der Waals surface area contributed by atoms with Gasteiger partial charge in [0.15, 0.2) is 5.16 Å². The van der Waals surface area contributed by atoms with Crippen molar-refractivity contribution in [3.05, 3.63) is 64.1 Å². The molecule has 0 aliphatic rings. The number of aromatic nitrogens is 2. The van der Waals surface area contributed by atoms with Crippen LogP contribution in [0.4, 0.5) is 5.69 Å². The van der Waals surface area contributed by atoms with Crippen molar-refractivity contribution in [2.24, 2.45) is 0 Å². The number of rotatable bonds is 4. The molecular weight excluding hydrogens is 326 g/mol. The average molecular weight is 341 g/mol. The Morgan fingerprint density at radius 2 is 1.78 bits per heavy atom. The quantitative estimate of drug-likeness (QED) is 0.707. The highest BCUT2D eigenvalue weighted by atomic mass is 32.2. The molecule has 1 amide bonds. The highest BCUT2D eigenvalue weighted by Crippen LogP contribution is 2.26. The van der Waals surface area contributed by atoms with Crippen LogP contribution in [0.1, 0.15) is 21.7 Å². The number of nitrogens with zero attached hydrogens (tertiary/aromatic N) is 2. The van der Waals surface area contributed by atoms with Gasteiger partial charge >= 0.3 is 0 Å². The number of hydrogen-bond donors (Lipinski definition) is 1. The minimum atomic E-state index is -0.0932. The van der Waals surface area contributed by atoms with Crippen LogP contribution in [0.15, 0.2) is 57.2 Å². The summed E-state index contributed by atoms with van der Waals surface area (Å²) in [7, 11) is 0. The van der Waals surface area contributed by atoms with Crippen molar-refractivity contribution in [3.63, 3.8) is 0 Å². The van der Waals surface area contributed by atoms with Crippen molar-refractivity contribution in [1.29, 1.82) is 0 Å². The van der Waals surface area contributed by atoms with E-state index in [1.165, 1.54) is 23.1 Å². The molecule has 116 valence electrons. The van der Waals surface area contributed by atoms with Crippen molar-refractivity contribution in [2.45, 2.75) is 23.9 Å². The molecule has 0 saturated heterocycles. The van der Waals surface area contributed by atoms with Gasteiger partial charge in [-0.3, -0.25) is 4.79 Å². The third-order valence-corrected chi connectivity index (χ3v) is 4.62. The summed E-state index contributed by atoms with van der Waals surface area (Å²) in [6, 6.07) is 11.4. The Morgan fingerprint density at radius 1 is 1.09 bits per heavy atom. The van der Waals surface area contributed by atoms with Gasteiger partial charge in [-0.25, -0.2) is 9.97 Å². The van der Waals surface area contributed by atoms with Crippen LogP contribution in [0.5, 0.6) is 0 Å². The number of benzene rings is 1. The van der Waals surface area contributed by atoms with Crippen LogP contribution in [-0.4, -0.2) is 15.9 Å². The molecule has 2 heterocycles. The fourth-order valence-electron chi connectivity index (χ4n) is 2.05. The van der Waals surface area contributed by atoms with E-state index in [0.29, 0.717) is 5.56 Å². The molecule has 6 heteroatoms. The topological polar surface area (TPSA) is 54.9 Å². The van der Waals surface area contributed by atoms with Crippen LogP contribution in [0.25, 0.3) is 0 Å². The number of hydrogen-bond acceptors (Lipinski definition) is 5. The first-order chi connectivity index (χ1) is 11.1. The molecular formula is C17H15N3OS2. The summed E-state index contributed by atoms with van der Waals surface area (Å²) >= 11 is 3.01. The van der Waals surface area contributed by atoms with Gasteiger partial charge in [0.25, 0.3) is 5.91 Å². The number of anilines is 1. The summed E-state index contributed by atoms with van der Waals surface area (Å²) in [5, 5.41) is 7.33. The minimum absolute atomic E-state index is 0.0932. The number of aryl methyl sites for hydroxylation is 2. The largest absolute Gasteiger partial charge is 0.322 e. The second-order valence-corrected chi connectivity index (χ2v) is 6.85. The van der Waals surface area contributed by atoms with Crippen LogP contribution in [0.2, 0.25) is 0 Å². The summed E-state index contributed by atoms with van der Waals surface area (Å²) < 4.78 is 0. The molecule has 0 atom stereocenters. The molecule has 2 aromatic heterocycles. The number of thiophene rings is 1. The lowest BCUT2D eigenvalue weighted by Crippen LogP contribution is -2.10. The van der Waals surface area contributed by atoms with Gasteiger partial charge < -0.3 is 5.32 Å². The Kier molecular flexibility index (Phi) is 4.73. The van der Waals surface area contributed by atoms with E-state index < -0.39 is 0 Å². The van der Waals surface area contributed by atoms with Gasteiger partial charge in [-0.2, -0.15) is 11.3 Å². The molecule has 0 radical (unpaired) electrons. The van der Waals surface area contributed by atoms with E-state index in [4.69, 9.17) is 0 Å². The van der Waals surface area contributed by atoms with Crippen LogP contribution >= 0.6 is 23.1 Å². The molecule has 0 saturated carbocycles. The van der Waals surface area contributed by atoms with Gasteiger partial charge in [0.1, 0.15) is 0 Å². The molecule has 0 unspecified atom stereocenters. The van der Waals surface area contributed by atoms with E-state index in [0.717, 1.165) is 27.1 Å². The van der Waals surface area contributed by atoms with Crippen molar-refractivity contribution < 1.29 is 4.79 Å². The lowest BCUT2D eigenvalue weighted by Gasteiger charge is -2.06. The first-order valence-electron chi connectivity index (χ1n) is 7.04. The van der Waals surface area contributed by atoms with Crippen LogP contribution in [-0.2, 0) is 0 Å². The summed E-state index contributed by atoms with van der Waals surface area (Å²) in [6.45, 7) is 3.92. The first-order valence-corrected chi connectivity index (χ1v) is 8.80. The molecule has 0 bridgehead atoms. The zero-order valence-corrected chi connectivity index (χ0v) is 14.4. The SMILES string of the molecule is Cc1cc(C)nc(Sc2ccc(NC(=O)c3ccsc3)cc2)n1. The van der Waals surface area contributed by atoms with E-state index in [9.17, 15) is 4.79 Å². The fourth-order valence-corrected chi connectivity index (χ4v) is 3.55. The zero-order valence-electron chi connectivity index (χ0n) is 12.7. The van der Waals surface area contributed by atoms with Crippen molar-refractivity contribution in [2.75, 3.05) is 5.32 Å². The van der Waals surface area contributed by atoms with Crippen LogP contribution in [0.3, 0.4) is 0 Å². The summed E-state index contributed by atoms with van der Waals surface area (Å²) in [6.07, 6.45) is 0. The number of amides is 1. The smallest absolute Gasteiger partial charge is 0.256 e. The molecule has 4 nitrogen and oxygen atoms in total. The maximum atomic E-state index is 12.0. The molecule has 3 rings (SSSR count). The van der Waals surface area contributed by atoms with Crippen LogP contribution < -0.4 is 5.32 Å². The van der Waals surface area contributed by atoms with Crippen molar-refractivity contribution >= 4 is 34.7 Å². The normalized spacial score (nSPS) is 10.5. The number of carbonyl (C=O) groups excluding carboxylic acids is 1. The molecule has 1 aromatic carbocycles. The van der Waals surface area contributed by atoms with Gasteiger partial charge in [-0.05, 0) is 67.4 Å². The predicted molar refractivity (Wildman–Crippen MR) is 94.3 cm³/mol. The summed E-state index contributed by atoms with van der Waals surface area (Å²) in [5.41, 5.74) is 3.36. The average Bonchev–Trinajstić information content (AvgIpc) is 3.02. The zero-order chi connectivity index (χ0) is 16.2. The third-order valence-electron chi connectivity index (χ3n) is 3.07. The van der Waals surface area contributed by atoms with Crippen molar-refractivity contribution in [1.82, 2.24) is 9.97 Å². The maximum Gasteiger partial charge on any atom is 0.256 e. The second kappa shape index (κ2) is 6.93. The number of nitrogens with one attached hydrogen (secondary N) is 1. The molecule has 1 N–H and O–H groups in total. The Morgan fingerprint density at radius 3 is 2.39 bits per heavy atom. The van der Waals surface area contributed by atoms with E-state index >= 15 is 0 Å². The second-order valence-electron chi connectivity index (χ2n) is 5.03. The third kappa shape index (κ3) is 4.18. The van der Waals surface area contributed by atoms with E-state index in [1.807, 2.05) is 61.0 Å². The molecule has 0 aliphatic carbocycles. The maximum absolute atomic E-state index is 12.0. The van der Waals surface area contributed by atoms with Crippen LogP contribution in [0, 0.1) is 13.8 Å². The molecule has 0 fully saturated rings. The Balaban J connectivity index is 1.68. The van der Waals surface area contributed by atoms with Gasteiger partial charge in [0.05, 0.1) is 5.56 Å². The van der Waals surface area contributed by atoms with Gasteiger partial charge in [0.2, 0.25) is 0 Å². The highest BCUT2D eigenvalue weighted by molar-refractivity contribution is 7.99. The van der Waals surface area contributed by atoms with Crippen molar-refractivity contribution in [3.8, 4) is 0 Å². The minimum Gasteiger partial charge on any atom is -0.322 e. The highest BCUT2D eigenvalue weighted by Gasteiger charge is 2.07. The predicted octanol–water partition coefficient (Wildman–Crippen LogP) is 4.56. The Bertz CT molecular complexity index is 794. The molecule has 0 spiro atoms. The molecule has 23 heavy (non-hydrogen) atoms. The summed E-state index contributed by atoms with van der Waals surface area (Å²) in [5.74, 6) is -0.0932. The van der Waals surface area contributed by atoms with Gasteiger partial charge in [0, 0.05) is 27.4 Å². The number of carbonyl (C=O) groups is 1. The van der Waals surface area contributed by atoms with E-state index in [2.05, 4.69) is 15.3 Å². The van der Waals surface area contributed by atoms with Gasteiger partial charge in [-0.1, -0.05) is 0 Å². The van der Waals surface area contributed by atoms with E-state index in [-0.39, 0.29) is 5.91 Å². The monoisotopic (exact) mass is 341 g/mol. The first kappa shape index (κ1) is 15.7. The Labute approximate surface area is 143 Å². The fraction of sp³-hybridized carbons (Fsp3) is 0.118. The molecule has 3 aromatic rings. The molecule has 0 aliphatic heterocycles. The lowest BCUT2D eigenvalue weighted by molar-refractivity contribution is 0.102. The lowest BCUT2D eigenvalue weighted by atomic mass is 10.3. The standard InChI is InChI=1S/C17H15N3OS2/c1-11-9-12(2)19-17(18-11)23-15-5-3-14(4-6-15)20-16(21)13-7-8-22-10-13/h3-10H,1-2H3,(H,20,21). The summed E-state index contributed by atoms with van der Waals surface area (Å²) in [4.78, 5) is 21.9. The Hall–Kier alpha value is -2.18. The van der Waals surface area contributed by atoms with E-state index in [1.54, 1.807) is 0 Å². The van der Waals surface area contributed by atoms with Gasteiger partial charge in [-0.15, -0.1) is 0 Å².